The smallest absolute Gasteiger partial charge is 0.223 e. The van der Waals surface area contributed by atoms with Crippen LogP contribution < -0.4 is 5.32 Å². The topological polar surface area (TPSA) is 52.7 Å². The minimum absolute atomic E-state index is 0. The van der Waals surface area contributed by atoms with Gasteiger partial charge in [0.1, 0.15) is 0 Å². The number of nitrogens with zero attached hydrogens (tertiary/aromatic N) is 2. The van der Waals surface area contributed by atoms with Gasteiger partial charge in [0.05, 0.1) is 6.04 Å². The summed E-state index contributed by atoms with van der Waals surface area (Å²) in [5, 5.41) is 4.01. The molecule has 2 rings (SSSR count). The van der Waals surface area contributed by atoms with Crippen LogP contribution in [0.15, 0.2) is 24.3 Å². The summed E-state index contributed by atoms with van der Waals surface area (Å²) >= 11 is 6.11. The van der Waals surface area contributed by atoms with Gasteiger partial charge in [-0.25, -0.2) is 0 Å². The first kappa shape index (κ1) is 23.7. The van der Waals surface area contributed by atoms with Crippen LogP contribution in [-0.4, -0.2) is 54.3 Å². The SMILES string of the molecule is CCCN(CCC)C(=O)CCC(=O)N1CCNCC1c1cccc(Cl)c1.Cl. The Balaban J connectivity index is 0.00000364. The second-order valence-corrected chi connectivity index (χ2v) is 7.18. The molecular formula is C20H31Cl2N3O2. The molecule has 5 nitrogen and oxygen atoms in total. The molecule has 7 heteroatoms. The van der Waals surface area contributed by atoms with E-state index in [-0.39, 0.29) is 43.1 Å². The van der Waals surface area contributed by atoms with Crippen LogP contribution in [0.1, 0.15) is 51.1 Å². The summed E-state index contributed by atoms with van der Waals surface area (Å²) in [6, 6.07) is 7.62. The number of rotatable bonds is 8. The Bertz CT molecular complexity index is 607. The lowest BCUT2D eigenvalue weighted by atomic mass is 10.0. The predicted molar refractivity (Wildman–Crippen MR) is 112 cm³/mol. The number of hydrogen-bond donors (Lipinski definition) is 1. The molecule has 0 bridgehead atoms. The lowest BCUT2D eigenvalue weighted by Gasteiger charge is -2.37. The largest absolute Gasteiger partial charge is 0.343 e. The number of benzene rings is 1. The van der Waals surface area contributed by atoms with E-state index in [0.29, 0.717) is 18.1 Å². The number of carbonyl (C=O) groups excluding carboxylic acids is 2. The molecule has 27 heavy (non-hydrogen) atoms. The van der Waals surface area contributed by atoms with E-state index in [1.54, 1.807) is 0 Å². The van der Waals surface area contributed by atoms with E-state index in [9.17, 15) is 9.59 Å². The first-order valence-corrected chi connectivity index (χ1v) is 9.98. The van der Waals surface area contributed by atoms with Crippen molar-refractivity contribution in [3.8, 4) is 0 Å². The average Bonchev–Trinajstić information content (AvgIpc) is 2.65. The van der Waals surface area contributed by atoms with Crippen molar-refractivity contribution in [3.05, 3.63) is 34.9 Å². The number of carbonyl (C=O) groups is 2. The Kier molecular flexibility index (Phi) is 10.7. The van der Waals surface area contributed by atoms with Gasteiger partial charge in [0.2, 0.25) is 11.8 Å². The summed E-state index contributed by atoms with van der Waals surface area (Å²) in [6.45, 7) is 7.79. The molecule has 0 radical (unpaired) electrons. The molecule has 1 unspecified atom stereocenters. The number of halogens is 2. The summed E-state index contributed by atoms with van der Waals surface area (Å²) < 4.78 is 0. The van der Waals surface area contributed by atoms with Crippen molar-refractivity contribution in [2.45, 2.75) is 45.6 Å². The van der Waals surface area contributed by atoms with Crippen LogP contribution >= 0.6 is 24.0 Å². The third-order valence-electron chi connectivity index (χ3n) is 4.69. The highest BCUT2D eigenvalue weighted by atomic mass is 35.5. The van der Waals surface area contributed by atoms with Crippen LogP contribution in [0.3, 0.4) is 0 Å². The summed E-state index contributed by atoms with van der Waals surface area (Å²) in [5.74, 6) is 0.120. The van der Waals surface area contributed by atoms with Crippen LogP contribution in [0.25, 0.3) is 0 Å². The molecule has 1 fully saturated rings. The molecule has 2 amide bonds. The Morgan fingerprint density at radius 2 is 1.93 bits per heavy atom. The van der Waals surface area contributed by atoms with Crippen LogP contribution in [0.2, 0.25) is 5.02 Å². The maximum atomic E-state index is 12.8. The highest BCUT2D eigenvalue weighted by Crippen LogP contribution is 2.25. The van der Waals surface area contributed by atoms with E-state index in [0.717, 1.165) is 38.0 Å². The fraction of sp³-hybridized carbons (Fsp3) is 0.600. The zero-order valence-electron chi connectivity index (χ0n) is 16.2. The molecule has 0 spiro atoms. The van der Waals surface area contributed by atoms with Crippen LogP contribution in [0.5, 0.6) is 0 Å². The predicted octanol–water partition coefficient (Wildman–Crippen LogP) is 3.66. The number of hydrogen-bond acceptors (Lipinski definition) is 3. The van der Waals surface area contributed by atoms with Gasteiger partial charge in [-0.15, -0.1) is 12.4 Å². The second kappa shape index (κ2) is 12.2. The van der Waals surface area contributed by atoms with Gasteiger partial charge >= 0.3 is 0 Å². The number of piperazine rings is 1. The molecule has 1 aliphatic rings. The molecule has 0 aliphatic carbocycles. The first-order valence-electron chi connectivity index (χ1n) is 9.60. The minimum atomic E-state index is -0.0348. The van der Waals surface area contributed by atoms with Crippen molar-refractivity contribution in [2.24, 2.45) is 0 Å². The lowest BCUT2D eigenvalue weighted by molar-refractivity contribution is -0.139. The maximum absolute atomic E-state index is 12.8. The zero-order chi connectivity index (χ0) is 18.9. The molecule has 1 atom stereocenters. The molecule has 1 N–H and O–H groups in total. The van der Waals surface area contributed by atoms with E-state index in [2.05, 4.69) is 19.2 Å². The van der Waals surface area contributed by atoms with Crippen molar-refractivity contribution in [2.75, 3.05) is 32.7 Å². The summed E-state index contributed by atoms with van der Waals surface area (Å²) in [5.41, 5.74) is 1.03. The number of amides is 2. The molecular weight excluding hydrogens is 385 g/mol. The van der Waals surface area contributed by atoms with E-state index in [1.165, 1.54) is 0 Å². The molecule has 0 aromatic heterocycles. The van der Waals surface area contributed by atoms with Crippen molar-refractivity contribution >= 4 is 35.8 Å². The van der Waals surface area contributed by atoms with Gasteiger partial charge in [0.25, 0.3) is 0 Å². The molecule has 1 aliphatic heterocycles. The quantitative estimate of drug-likeness (QED) is 0.704. The lowest BCUT2D eigenvalue weighted by Crippen LogP contribution is -2.48. The van der Waals surface area contributed by atoms with Gasteiger partial charge in [-0.3, -0.25) is 9.59 Å². The number of nitrogens with one attached hydrogen (secondary N) is 1. The normalized spacial score (nSPS) is 16.6. The van der Waals surface area contributed by atoms with Crippen LogP contribution in [-0.2, 0) is 9.59 Å². The van der Waals surface area contributed by atoms with Gasteiger partial charge < -0.3 is 15.1 Å². The Labute approximate surface area is 173 Å². The minimum Gasteiger partial charge on any atom is -0.343 e. The van der Waals surface area contributed by atoms with Gasteiger partial charge in [0.15, 0.2) is 0 Å². The standard InChI is InChI=1S/C20H30ClN3O2.ClH/c1-3-11-23(12-4-2)19(25)8-9-20(26)24-13-10-22-15-18(24)16-6-5-7-17(21)14-16;/h5-7,14,18,22H,3-4,8-13,15H2,1-2H3;1H. The first-order chi connectivity index (χ1) is 12.6. The second-order valence-electron chi connectivity index (χ2n) is 6.74. The Hall–Kier alpha value is -1.30. The van der Waals surface area contributed by atoms with Crippen molar-refractivity contribution in [1.29, 1.82) is 0 Å². The van der Waals surface area contributed by atoms with E-state index in [1.807, 2.05) is 34.1 Å². The van der Waals surface area contributed by atoms with E-state index >= 15 is 0 Å². The van der Waals surface area contributed by atoms with Crippen molar-refractivity contribution < 1.29 is 9.59 Å². The van der Waals surface area contributed by atoms with E-state index in [4.69, 9.17) is 11.6 Å². The summed E-state index contributed by atoms with van der Waals surface area (Å²) in [6.07, 6.45) is 2.42. The third kappa shape index (κ3) is 6.98. The van der Waals surface area contributed by atoms with Crippen molar-refractivity contribution in [1.82, 2.24) is 15.1 Å². The molecule has 1 heterocycles. The summed E-state index contributed by atoms with van der Waals surface area (Å²) in [4.78, 5) is 29.0. The Morgan fingerprint density at radius 3 is 2.56 bits per heavy atom. The molecule has 1 aromatic carbocycles. The molecule has 1 aromatic rings. The van der Waals surface area contributed by atoms with Gasteiger partial charge in [0, 0.05) is 50.6 Å². The van der Waals surface area contributed by atoms with Gasteiger partial charge in [-0.05, 0) is 30.5 Å². The Morgan fingerprint density at radius 1 is 1.22 bits per heavy atom. The third-order valence-corrected chi connectivity index (χ3v) is 4.92. The van der Waals surface area contributed by atoms with Crippen LogP contribution in [0.4, 0.5) is 0 Å². The van der Waals surface area contributed by atoms with Gasteiger partial charge in [-0.2, -0.15) is 0 Å². The van der Waals surface area contributed by atoms with E-state index < -0.39 is 0 Å². The fourth-order valence-electron chi connectivity index (χ4n) is 3.43. The van der Waals surface area contributed by atoms with Gasteiger partial charge in [-0.1, -0.05) is 37.6 Å². The highest BCUT2D eigenvalue weighted by molar-refractivity contribution is 6.30. The maximum Gasteiger partial charge on any atom is 0.223 e. The van der Waals surface area contributed by atoms with Crippen LogP contribution in [0, 0.1) is 0 Å². The summed E-state index contributed by atoms with van der Waals surface area (Å²) in [7, 11) is 0. The monoisotopic (exact) mass is 415 g/mol. The molecule has 152 valence electrons. The molecule has 0 saturated carbocycles. The zero-order valence-corrected chi connectivity index (χ0v) is 17.8. The average molecular weight is 416 g/mol. The highest BCUT2D eigenvalue weighted by Gasteiger charge is 2.28. The molecule has 1 saturated heterocycles. The van der Waals surface area contributed by atoms with Crippen molar-refractivity contribution in [3.63, 3.8) is 0 Å². The fourth-order valence-corrected chi connectivity index (χ4v) is 3.63.